The van der Waals surface area contributed by atoms with Crippen molar-refractivity contribution in [1.29, 1.82) is 0 Å². The van der Waals surface area contributed by atoms with Crippen LogP contribution in [0.4, 0.5) is 0 Å². The molecule has 0 aromatic carbocycles. The number of nitrogens with one attached hydrogen (secondary N) is 1. The Morgan fingerprint density at radius 2 is 2.00 bits per heavy atom. The second kappa shape index (κ2) is 4.84. The van der Waals surface area contributed by atoms with E-state index in [2.05, 4.69) is 39.9 Å². The van der Waals surface area contributed by atoms with Gasteiger partial charge in [-0.25, -0.2) is 0 Å². The third-order valence-corrected chi connectivity index (χ3v) is 2.91. The molecule has 1 heterocycles. The lowest BCUT2D eigenvalue weighted by atomic mass is 10.0. The Labute approximate surface area is 94.8 Å². The van der Waals surface area contributed by atoms with Gasteiger partial charge in [0.25, 0.3) is 0 Å². The average molecular weight is 213 g/mol. The summed E-state index contributed by atoms with van der Waals surface area (Å²) < 4.78 is 5.95. The lowest BCUT2D eigenvalue weighted by molar-refractivity contribution is -0.0189. The summed E-state index contributed by atoms with van der Waals surface area (Å²) in [5, 5.41) is 3.51. The van der Waals surface area contributed by atoms with Gasteiger partial charge < -0.3 is 10.1 Å². The molecule has 0 aliphatic carbocycles. The van der Waals surface area contributed by atoms with Crippen LogP contribution in [0.25, 0.3) is 0 Å². The topological polar surface area (TPSA) is 21.3 Å². The van der Waals surface area contributed by atoms with Gasteiger partial charge in [0, 0.05) is 5.54 Å². The van der Waals surface area contributed by atoms with Gasteiger partial charge >= 0.3 is 0 Å². The van der Waals surface area contributed by atoms with Crippen molar-refractivity contribution in [3.8, 4) is 0 Å². The summed E-state index contributed by atoms with van der Waals surface area (Å²) in [6, 6.07) is 0. The second-order valence-corrected chi connectivity index (χ2v) is 6.36. The molecule has 1 atom stereocenters. The molecule has 1 aliphatic heterocycles. The zero-order valence-electron chi connectivity index (χ0n) is 11.0. The van der Waals surface area contributed by atoms with Crippen molar-refractivity contribution in [2.24, 2.45) is 0 Å². The fourth-order valence-electron chi connectivity index (χ4n) is 2.07. The molecule has 15 heavy (non-hydrogen) atoms. The van der Waals surface area contributed by atoms with Gasteiger partial charge in [0.05, 0.1) is 11.7 Å². The van der Waals surface area contributed by atoms with Crippen LogP contribution in [0.1, 0.15) is 60.3 Å². The van der Waals surface area contributed by atoms with Crippen LogP contribution in [0.5, 0.6) is 0 Å². The van der Waals surface area contributed by atoms with E-state index in [9.17, 15) is 0 Å². The highest BCUT2D eigenvalue weighted by Gasteiger charge is 2.30. The van der Waals surface area contributed by atoms with Crippen LogP contribution in [0, 0.1) is 0 Å². The lowest BCUT2D eigenvalue weighted by Gasteiger charge is -2.22. The molecule has 90 valence electrons. The van der Waals surface area contributed by atoms with Crippen molar-refractivity contribution in [1.82, 2.24) is 5.32 Å². The fraction of sp³-hybridized carbons (Fsp3) is 1.00. The molecule has 0 radical (unpaired) electrons. The van der Waals surface area contributed by atoms with Crippen LogP contribution in [0.2, 0.25) is 0 Å². The third kappa shape index (κ3) is 5.53. The summed E-state index contributed by atoms with van der Waals surface area (Å²) in [6.45, 7) is 12.1. The van der Waals surface area contributed by atoms with Crippen LogP contribution in [0.15, 0.2) is 0 Å². The van der Waals surface area contributed by atoms with Gasteiger partial charge in [0.2, 0.25) is 0 Å². The highest BCUT2D eigenvalue weighted by atomic mass is 16.5. The molecular weight excluding hydrogens is 186 g/mol. The zero-order chi connectivity index (χ0) is 11.5. The highest BCUT2D eigenvalue weighted by molar-refractivity contribution is 4.81. The standard InChI is InChI=1S/C13H27NO/c1-12(2,3)14-10-6-7-11-8-9-13(4,5)15-11/h11,14H,6-10H2,1-5H3. The molecule has 1 unspecified atom stereocenters. The summed E-state index contributed by atoms with van der Waals surface area (Å²) >= 11 is 0. The van der Waals surface area contributed by atoms with Crippen molar-refractivity contribution in [3.63, 3.8) is 0 Å². The first kappa shape index (κ1) is 13.0. The lowest BCUT2D eigenvalue weighted by Crippen LogP contribution is -2.36. The first-order valence-corrected chi connectivity index (χ1v) is 6.21. The second-order valence-electron chi connectivity index (χ2n) is 6.36. The average Bonchev–Trinajstić information content (AvgIpc) is 2.38. The molecule has 1 fully saturated rings. The van der Waals surface area contributed by atoms with Crippen LogP contribution >= 0.6 is 0 Å². The Balaban J connectivity index is 2.07. The molecule has 0 amide bonds. The predicted molar refractivity (Wildman–Crippen MR) is 65.2 cm³/mol. The highest BCUT2D eigenvalue weighted by Crippen LogP contribution is 2.31. The maximum atomic E-state index is 5.95. The van der Waals surface area contributed by atoms with E-state index in [1.165, 1.54) is 25.7 Å². The maximum Gasteiger partial charge on any atom is 0.0631 e. The monoisotopic (exact) mass is 213 g/mol. The molecule has 0 bridgehead atoms. The van der Waals surface area contributed by atoms with Crippen molar-refractivity contribution in [2.75, 3.05) is 6.54 Å². The Kier molecular flexibility index (Phi) is 4.19. The molecule has 0 spiro atoms. The Bertz CT molecular complexity index is 193. The molecule has 1 rings (SSSR count). The Morgan fingerprint density at radius 3 is 2.47 bits per heavy atom. The first-order chi connectivity index (χ1) is 6.79. The van der Waals surface area contributed by atoms with Crippen LogP contribution in [0.3, 0.4) is 0 Å². The normalized spacial score (nSPS) is 25.8. The summed E-state index contributed by atoms with van der Waals surface area (Å²) in [5.74, 6) is 0. The van der Waals surface area contributed by atoms with Crippen molar-refractivity contribution in [3.05, 3.63) is 0 Å². The summed E-state index contributed by atoms with van der Waals surface area (Å²) in [7, 11) is 0. The summed E-state index contributed by atoms with van der Waals surface area (Å²) in [6.07, 6.45) is 5.37. The van der Waals surface area contributed by atoms with Crippen molar-refractivity contribution >= 4 is 0 Å². The van der Waals surface area contributed by atoms with Gasteiger partial charge in [-0.3, -0.25) is 0 Å². The van der Waals surface area contributed by atoms with Gasteiger partial charge in [-0.05, 0) is 66.8 Å². The third-order valence-electron chi connectivity index (χ3n) is 2.91. The molecule has 1 N–H and O–H groups in total. The van der Waals surface area contributed by atoms with E-state index in [0.717, 1.165) is 6.54 Å². The van der Waals surface area contributed by atoms with Gasteiger partial charge in [0.15, 0.2) is 0 Å². The minimum absolute atomic E-state index is 0.127. The molecule has 1 aliphatic rings. The van der Waals surface area contributed by atoms with E-state index in [1.807, 2.05) is 0 Å². The molecule has 2 nitrogen and oxygen atoms in total. The van der Waals surface area contributed by atoms with Crippen molar-refractivity contribution in [2.45, 2.75) is 77.5 Å². The smallest absolute Gasteiger partial charge is 0.0631 e. The van der Waals surface area contributed by atoms with E-state index in [0.29, 0.717) is 6.10 Å². The number of hydrogen-bond acceptors (Lipinski definition) is 2. The van der Waals surface area contributed by atoms with Gasteiger partial charge in [-0.15, -0.1) is 0 Å². The van der Waals surface area contributed by atoms with E-state index < -0.39 is 0 Å². The van der Waals surface area contributed by atoms with Crippen LogP contribution in [-0.4, -0.2) is 23.8 Å². The number of rotatable bonds is 4. The number of hydrogen-bond donors (Lipinski definition) is 1. The van der Waals surface area contributed by atoms with Crippen LogP contribution < -0.4 is 5.32 Å². The SMILES string of the molecule is CC(C)(C)NCCCC1CCC(C)(C)O1. The summed E-state index contributed by atoms with van der Waals surface area (Å²) in [4.78, 5) is 0. The van der Waals surface area contributed by atoms with E-state index in [4.69, 9.17) is 4.74 Å². The molecule has 0 aromatic rings. The minimum atomic E-state index is 0.127. The summed E-state index contributed by atoms with van der Waals surface area (Å²) in [5.41, 5.74) is 0.373. The van der Waals surface area contributed by atoms with Gasteiger partial charge in [-0.1, -0.05) is 0 Å². The van der Waals surface area contributed by atoms with Crippen LogP contribution in [-0.2, 0) is 4.74 Å². The largest absolute Gasteiger partial charge is 0.372 e. The van der Waals surface area contributed by atoms with Gasteiger partial charge in [0.1, 0.15) is 0 Å². The minimum Gasteiger partial charge on any atom is -0.372 e. The predicted octanol–water partition coefficient (Wildman–Crippen LogP) is 3.11. The van der Waals surface area contributed by atoms with E-state index in [-0.39, 0.29) is 11.1 Å². The molecule has 2 heteroatoms. The first-order valence-electron chi connectivity index (χ1n) is 6.21. The molecular formula is C13H27NO. The van der Waals surface area contributed by atoms with Crippen molar-refractivity contribution < 1.29 is 4.74 Å². The number of ether oxygens (including phenoxy) is 1. The van der Waals surface area contributed by atoms with E-state index >= 15 is 0 Å². The zero-order valence-corrected chi connectivity index (χ0v) is 11.0. The Morgan fingerprint density at radius 1 is 1.33 bits per heavy atom. The quantitative estimate of drug-likeness (QED) is 0.725. The molecule has 1 saturated heterocycles. The fourth-order valence-corrected chi connectivity index (χ4v) is 2.07. The maximum absolute atomic E-state index is 5.95. The Hall–Kier alpha value is -0.0800. The molecule has 0 aromatic heterocycles. The molecule has 0 saturated carbocycles. The van der Waals surface area contributed by atoms with Gasteiger partial charge in [-0.2, -0.15) is 0 Å². The van der Waals surface area contributed by atoms with E-state index in [1.54, 1.807) is 0 Å².